The monoisotopic (exact) mass is 373 g/mol. The number of rotatable bonds is 6. The van der Waals surface area contributed by atoms with Crippen molar-refractivity contribution in [3.8, 4) is 5.75 Å². The van der Waals surface area contributed by atoms with E-state index in [4.69, 9.17) is 4.74 Å². The van der Waals surface area contributed by atoms with Gasteiger partial charge in [-0.3, -0.25) is 9.59 Å². The van der Waals surface area contributed by atoms with E-state index in [1.54, 1.807) is 11.8 Å². The summed E-state index contributed by atoms with van der Waals surface area (Å²) in [6.45, 7) is 9.54. The van der Waals surface area contributed by atoms with Crippen LogP contribution in [0.4, 0.5) is 5.69 Å². The molecule has 2 amide bonds. The third kappa shape index (κ3) is 5.01. The average Bonchev–Trinajstić information content (AvgIpc) is 2.62. The number of anilines is 1. The fraction of sp³-hybridized carbons (Fsp3) is 0.619. The molecule has 0 aromatic heterocycles. The predicted octanol–water partition coefficient (Wildman–Crippen LogP) is 2.43. The molecule has 0 spiro atoms. The quantitative estimate of drug-likeness (QED) is 0.832. The minimum atomic E-state index is -0.525. The Labute approximate surface area is 161 Å². The van der Waals surface area contributed by atoms with E-state index in [-0.39, 0.29) is 24.3 Å². The summed E-state index contributed by atoms with van der Waals surface area (Å²) in [6, 6.07) is 7.58. The van der Waals surface area contributed by atoms with Crippen molar-refractivity contribution in [1.82, 2.24) is 10.2 Å². The average molecular weight is 373 g/mol. The summed E-state index contributed by atoms with van der Waals surface area (Å²) in [7, 11) is 0. The molecular weight excluding hydrogens is 342 g/mol. The Morgan fingerprint density at radius 1 is 1.33 bits per heavy atom. The number of nitrogens with zero attached hydrogens (tertiary/aromatic N) is 2. The first-order valence-electron chi connectivity index (χ1n) is 10.0. The molecule has 3 atom stereocenters. The van der Waals surface area contributed by atoms with E-state index in [0.29, 0.717) is 12.3 Å². The van der Waals surface area contributed by atoms with Gasteiger partial charge in [-0.25, -0.2) is 0 Å². The van der Waals surface area contributed by atoms with Crippen LogP contribution in [0.5, 0.6) is 5.75 Å². The van der Waals surface area contributed by atoms with E-state index < -0.39 is 6.10 Å². The lowest BCUT2D eigenvalue weighted by Gasteiger charge is -2.33. The highest BCUT2D eigenvalue weighted by atomic mass is 16.5. The molecule has 0 radical (unpaired) electrons. The lowest BCUT2D eigenvalue weighted by atomic mass is 10.00. The van der Waals surface area contributed by atoms with Gasteiger partial charge in [-0.15, -0.1) is 0 Å². The van der Waals surface area contributed by atoms with Crippen LogP contribution in [0.25, 0.3) is 0 Å². The van der Waals surface area contributed by atoms with E-state index in [2.05, 4.69) is 24.1 Å². The molecule has 0 bridgehead atoms. The summed E-state index contributed by atoms with van der Waals surface area (Å²) < 4.78 is 5.64. The molecule has 3 rings (SSSR count). The molecule has 1 aromatic carbocycles. The maximum absolute atomic E-state index is 12.5. The molecule has 0 aliphatic carbocycles. The topological polar surface area (TPSA) is 61.9 Å². The number of carbonyl (C=O) groups excluding carboxylic acids is 2. The summed E-state index contributed by atoms with van der Waals surface area (Å²) in [5, 5.41) is 3.08. The standard InChI is InChI=1S/C21H31N3O3/c1-15-7-6-11-23(13-15)14-16(2)22-20(25)10-12-24-18-8-4-5-9-19(18)27-17(3)21(24)26/h4-5,8-9,15-17H,6-7,10-14H2,1-3H3,(H,22,25). The van der Waals surface area contributed by atoms with Crippen molar-refractivity contribution in [2.45, 2.75) is 52.2 Å². The molecule has 1 fully saturated rings. The van der Waals surface area contributed by atoms with Gasteiger partial charge in [0.25, 0.3) is 5.91 Å². The number of fused-ring (bicyclic) bond motifs is 1. The largest absolute Gasteiger partial charge is 0.479 e. The molecule has 6 heteroatoms. The minimum Gasteiger partial charge on any atom is -0.479 e. The Balaban J connectivity index is 1.50. The zero-order valence-corrected chi connectivity index (χ0v) is 16.6. The molecule has 3 unspecified atom stereocenters. The minimum absolute atomic E-state index is 0.0167. The van der Waals surface area contributed by atoms with Crippen LogP contribution in [-0.4, -0.2) is 55.0 Å². The van der Waals surface area contributed by atoms with E-state index >= 15 is 0 Å². The molecule has 1 N–H and O–H groups in total. The molecule has 2 aliphatic heterocycles. The third-order valence-electron chi connectivity index (χ3n) is 5.32. The number of nitrogens with one attached hydrogen (secondary N) is 1. The zero-order chi connectivity index (χ0) is 19.4. The van der Waals surface area contributed by atoms with Crippen LogP contribution in [0.15, 0.2) is 24.3 Å². The van der Waals surface area contributed by atoms with Gasteiger partial charge in [-0.05, 0) is 51.3 Å². The van der Waals surface area contributed by atoms with Crippen molar-refractivity contribution in [2.75, 3.05) is 31.1 Å². The Morgan fingerprint density at radius 3 is 2.89 bits per heavy atom. The van der Waals surface area contributed by atoms with E-state index in [0.717, 1.165) is 31.2 Å². The second-order valence-corrected chi connectivity index (χ2v) is 7.94. The van der Waals surface area contributed by atoms with E-state index in [1.807, 2.05) is 24.3 Å². The van der Waals surface area contributed by atoms with E-state index in [1.165, 1.54) is 12.8 Å². The van der Waals surface area contributed by atoms with Gasteiger partial charge in [-0.1, -0.05) is 19.1 Å². The van der Waals surface area contributed by atoms with Crippen molar-refractivity contribution < 1.29 is 14.3 Å². The van der Waals surface area contributed by atoms with Crippen LogP contribution in [0, 0.1) is 5.92 Å². The van der Waals surface area contributed by atoms with Gasteiger partial charge in [0, 0.05) is 32.1 Å². The molecule has 2 heterocycles. The van der Waals surface area contributed by atoms with E-state index in [9.17, 15) is 9.59 Å². The summed E-state index contributed by atoms with van der Waals surface area (Å²) in [6.07, 6.45) is 2.29. The number of benzene rings is 1. The van der Waals surface area contributed by atoms with Gasteiger partial charge < -0.3 is 19.9 Å². The molecule has 148 valence electrons. The third-order valence-corrected chi connectivity index (χ3v) is 5.32. The molecule has 6 nitrogen and oxygen atoms in total. The predicted molar refractivity (Wildman–Crippen MR) is 106 cm³/mol. The highest BCUT2D eigenvalue weighted by Gasteiger charge is 2.31. The maximum Gasteiger partial charge on any atom is 0.267 e. The number of hydrogen-bond acceptors (Lipinski definition) is 4. The van der Waals surface area contributed by atoms with Gasteiger partial charge in [-0.2, -0.15) is 0 Å². The molecule has 27 heavy (non-hydrogen) atoms. The number of likely N-dealkylation sites (tertiary alicyclic amines) is 1. The van der Waals surface area contributed by atoms with Crippen molar-refractivity contribution in [2.24, 2.45) is 5.92 Å². The summed E-state index contributed by atoms with van der Waals surface area (Å²) in [4.78, 5) is 29.0. The Kier molecular flexibility index (Phi) is 6.37. The lowest BCUT2D eigenvalue weighted by molar-refractivity contribution is -0.125. The number of piperidine rings is 1. The SMILES string of the molecule is CC1CCCN(CC(C)NC(=O)CCN2C(=O)C(C)Oc3ccccc32)C1. The molecular formula is C21H31N3O3. The second-order valence-electron chi connectivity index (χ2n) is 7.94. The van der Waals surface area contributed by atoms with Crippen LogP contribution < -0.4 is 15.0 Å². The highest BCUT2D eigenvalue weighted by molar-refractivity contribution is 6.00. The Morgan fingerprint density at radius 2 is 2.11 bits per heavy atom. The molecule has 1 aromatic rings. The number of carbonyl (C=O) groups is 2. The highest BCUT2D eigenvalue weighted by Crippen LogP contribution is 2.33. The van der Waals surface area contributed by atoms with Crippen LogP contribution in [0.1, 0.15) is 40.0 Å². The Hall–Kier alpha value is -2.08. The Bertz CT molecular complexity index is 678. The van der Waals surface area contributed by atoms with Crippen molar-refractivity contribution >= 4 is 17.5 Å². The fourth-order valence-electron chi connectivity index (χ4n) is 4.04. The zero-order valence-electron chi connectivity index (χ0n) is 16.6. The van der Waals surface area contributed by atoms with Gasteiger partial charge in [0.2, 0.25) is 5.91 Å². The van der Waals surface area contributed by atoms with Crippen molar-refractivity contribution in [3.05, 3.63) is 24.3 Å². The van der Waals surface area contributed by atoms with Gasteiger partial charge in [0.1, 0.15) is 5.75 Å². The van der Waals surface area contributed by atoms with Crippen molar-refractivity contribution in [1.29, 1.82) is 0 Å². The number of para-hydroxylation sites is 2. The number of hydrogen-bond donors (Lipinski definition) is 1. The van der Waals surface area contributed by atoms with Crippen LogP contribution in [0.2, 0.25) is 0 Å². The summed E-state index contributed by atoms with van der Waals surface area (Å²) in [5.74, 6) is 1.31. The summed E-state index contributed by atoms with van der Waals surface area (Å²) >= 11 is 0. The first-order chi connectivity index (χ1) is 12.9. The van der Waals surface area contributed by atoms with Gasteiger partial charge in [0.15, 0.2) is 6.10 Å². The number of amides is 2. The smallest absolute Gasteiger partial charge is 0.267 e. The number of ether oxygens (including phenoxy) is 1. The molecule has 2 aliphatic rings. The summed E-state index contributed by atoms with van der Waals surface area (Å²) in [5.41, 5.74) is 0.740. The maximum atomic E-state index is 12.5. The van der Waals surface area contributed by atoms with Crippen LogP contribution in [0.3, 0.4) is 0 Å². The van der Waals surface area contributed by atoms with Crippen LogP contribution >= 0.6 is 0 Å². The normalized spacial score (nSPS) is 24.1. The first kappa shape index (κ1) is 19.7. The van der Waals surface area contributed by atoms with Crippen LogP contribution in [-0.2, 0) is 9.59 Å². The fourth-order valence-corrected chi connectivity index (χ4v) is 4.04. The van der Waals surface area contributed by atoms with Gasteiger partial charge in [0.05, 0.1) is 5.69 Å². The lowest BCUT2D eigenvalue weighted by Crippen LogP contribution is -2.47. The molecule has 0 saturated carbocycles. The van der Waals surface area contributed by atoms with Gasteiger partial charge >= 0.3 is 0 Å². The molecule has 1 saturated heterocycles. The first-order valence-corrected chi connectivity index (χ1v) is 10.0. The van der Waals surface area contributed by atoms with Crippen molar-refractivity contribution in [3.63, 3.8) is 0 Å². The second kappa shape index (κ2) is 8.74.